The highest BCUT2D eigenvalue weighted by Crippen LogP contribution is 2.21. The molecule has 1 heterocycles. The molecule has 0 aliphatic heterocycles. The molecule has 0 amide bonds. The molecule has 0 unspecified atom stereocenters. The molecule has 0 aliphatic carbocycles. The van der Waals surface area contributed by atoms with Crippen LogP contribution in [0, 0.1) is 18.7 Å². The Bertz CT molecular complexity index is 585. The fourth-order valence-corrected chi connectivity index (χ4v) is 1.73. The van der Waals surface area contributed by atoms with Crippen LogP contribution in [0.2, 0.25) is 0 Å². The van der Waals surface area contributed by atoms with Crippen molar-refractivity contribution in [3.63, 3.8) is 0 Å². The lowest BCUT2D eigenvalue weighted by atomic mass is 10.2. The van der Waals surface area contributed by atoms with Crippen LogP contribution in [0.3, 0.4) is 0 Å². The number of aromatic nitrogens is 2. The second kappa shape index (κ2) is 7.13. The Hall–Kier alpha value is -2.01. The third kappa shape index (κ3) is 4.79. The summed E-state index contributed by atoms with van der Waals surface area (Å²) in [6.07, 6.45) is 3.21. The SMILES string of the molecule is Cc1ccc(Oc2cnc(CNCC(C)C)cn2)cc1F. The largest absolute Gasteiger partial charge is 0.437 e. The average Bonchev–Trinajstić information content (AvgIpc) is 2.44. The van der Waals surface area contributed by atoms with Crippen molar-refractivity contribution >= 4 is 0 Å². The summed E-state index contributed by atoms with van der Waals surface area (Å²) in [4.78, 5) is 8.44. The summed E-state index contributed by atoms with van der Waals surface area (Å²) < 4.78 is 18.9. The van der Waals surface area contributed by atoms with Gasteiger partial charge in [-0.3, -0.25) is 4.98 Å². The lowest BCUT2D eigenvalue weighted by Crippen LogP contribution is -2.19. The number of halogens is 1. The number of nitrogens with zero attached hydrogens (tertiary/aromatic N) is 2. The van der Waals surface area contributed by atoms with Gasteiger partial charge in [0.2, 0.25) is 5.88 Å². The molecule has 2 rings (SSSR count). The summed E-state index contributed by atoms with van der Waals surface area (Å²) in [6.45, 7) is 7.61. The molecule has 0 radical (unpaired) electrons. The average molecular weight is 289 g/mol. The predicted octanol–water partition coefficient (Wildman–Crippen LogP) is 3.46. The normalized spacial score (nSPS) is 10.9. The van der Waals surface area contributed by atoms with Crippen molar-refractivity contribution in [2.24, 2.45) is 5.92 Å². The Kier molecular flexibility index (Phi) is 5.22. The molecule has 1 aromatic carbocycles. The Labute approximate surface area is 124 Å². The quantitative estimate of drug-likeness (QED) is 0.884. The van der Waals surface area contributed by atoms with Gasteiger partial charge in [0.05, 0.1) is 18.1 Å². The van der Waals surface area contributed by atoms with Gasteiger partial charge in [-0.2, -0.15) is 0 Å². The van der Waals surface area contributed by atoms with E-state index < -0.39 is 0 Å². The molecule has 0 bridgehead atoms. The molecule has 21 heavy (non-hydrogen) atoms. The molecule has 1 aromatic heterocycles. The molecule has 112 valence electrons. The summed E-state index contributed by atoms with van der Waals surface area (Å²) in [7, 11) is 0. The van der Waals surface area contributed by atoms with E-state index in [1.54, 1.807) is 31.5 Å². The summed E-state index contributed by atoms with van der Waals surface area (Å²) >= 11 is 0. The molecule has 4 nitrogen and oxygen atoms in total. The van der Waals surface area contributed by atoms with E-state index in [9.17, 15) is 4.39 Å². The number of benzene rings is 1. The molecule has 0 atom stereocenters. The number of hydrogen-bond acceptors (Lipinski definition) is 4. The number of hydrogen-bond donors (Lipinski definition) is 1. The topological polar surface area (TPSA) is 47.0 Å². The van der Waals surface area contributed by atoms with E-state index >= 15 is 0 Å². The van der Waals surface area contributed by atoms with Gasteiger partial charge in [-0.1, -0.05) is 19.9 Å². The summed E-state index contributed by atoms with van der Waals surface area (Å²) in [5.41, 5.74) is 1.43. The monoisotopic (exact) mass is 289 g/mol. The van der Waals surface area contributed by atoms with Gasteiger partial charge in [-0.05, 0) is 31.0 Å². The van der Waals surface area contributed by atoms with Crippen molar-refractivity contribution in [2.75, 3.05) is 6.54 Å². The number of nitrogens with one attached hydrogen (secondary N) is 1. The van der Waals surface area contributed by atoms with Crippen LogP contribution in [0.1, 0.15) is 25.1 Å². The van der Waals surface area contributed by atoms with Crippen LogP contribution in [0.25, 0.3) is 0 Å². The first kappa shape index (κ1) is 15.4. The van der Waals surface area contributed by atoms with Crippen LogP contribution < -0.4 is 10.1 Å². The lowest BCUT2D eigenvalue weighted by Gasteiger charge is -2.08. The van der Waals surface area contributed by atoms with E-state index in [1.807, 2.05) is 0 Å². The molecule has 5 heteroatoms. The highest BCUT2D eigenvalue weighted by Gasteiger charge is 2.04. The minimum absolute atomic E-state index is 0.296. The minimum atomic E-state index is -0.296. The first-order valence-electron chi connectivity index (χ1n) is 7.00. The van der Waals surface area contributed by atoms with Gasteiger partial charge >= 0.3 is 0 Å². The third-order valence-electron chi connectivity index (χ3n) is 2.91. The molecule has 0 spiro atoms. The molecule has 0 aliphatic rings. The Balaban J connectivity index is 1.94. The van der Waals surface area contributed by atoms with E-state index in [1.165, 1.54) is 6.07 Å². The van der Waals surface area contributed by atoms with Crippen molar-refractivity contribution in [1.29, 1.82) is 0 Å². The van der Waals surface area contributed by atoms with Crippen molar-refractivity contribution < 1.29 is 9.13 Å². The Morgan fingerprint density at radius 2 is 2.05 bits per heavy atom. The van der Waals surface area contributed by atoms with Crippen molar-refractivity contribution in [3.8, 4) is 11.6 Å². The molecule has 1 N–H and O–H groups in total. The van der Waals surface area contributed by atoms with Gasteiger partial charge in [0.25, 0.3) is 0 Å². The minimum Gasteiger partial charge on any atom is -0.437 e. The molecule has 0 saturated heterocycles. The third-order valence-corrected chi connectivity index (χ3v) is 2.91. The second-order valence-electron chi connectivity index (χ2n) is 5.38. The first-order chi connectivity index (χ1) is 10.0. The van der Waals surface area contributed by atoms with E-state index in [0.29, 0.717) is 29.7 Å². The standard InChI is InChI=1S/C16H20FN3O/c1-11(2)7-18-8-13-9-20-16(10-19-13)21-14-5-4-12(3)15(17)6-14/h4-6,9-11,18H,7-8H2,1-3H3. The number of aryl methyl sites for hydroxylation is 1. The van der Waals surface area contributed by atoms with Crippen molar-refractivity contribution in [1.82, 2.24) is 15.3 Å². The van der Waals surface area contributed by atoms with Crippen molar-refractivity contribution in [3.05, 3.63) is 47.7 Å². The summed E-state index contributed by atoms with van der Waals surface area (Å²) in [5, 5.41) is 3.29. The van der Waals surface area contributed by atoms with Crippen LogP contribution >= 0.6 is 0 Å². The van der Waals surface area contributed by atoms with Crippen molar-refractivity contribution in [2.45, 2.75) is 27.3 Å². The highest BCUT2D eigenvalue weighted by atomic mass is 19.1. The van der Waals surface area contributed by atoms with Crippen LogP contribution in [-0.4, -0.2) is 16.5 Å². The van der Waals surface area contributed by atoms with Gasteiger partial charge in [0, 0.05) is 12.6 Å². The van der Waals surface area contributed by atoms with E-state index in [2.05, 4.69) is 29.1 Å². The fourth-order valence-electron chi connectivity index (χ4n) is 1.73. The van der Waals surface area contributed by atoms with Gasteiger partial charge in [0.1, 0.15) is 11.6 Å². The zero-order chi connectivity index (χ0) is 15.2. The van der Waals surface area contributed by atoms with Gasteiger partial charge < -0.3 is 10.1 Å². The van der Waals surface area contributed by atoms with Crippen LogP contribution in [0.5, 0.6) is 11.6 Å². The Morgan fingerprint density at radius 1 is 1.24 bits per heavy atom. The van der Waals surface area contributed by atoms with E-state index in [0.717, 1.165) is 12.2 Å². The van der Waals surface area contributed by atoms with Crippen LogP contribution in [0.4, 0.5) is 4.39 Å². The smallest absolute Gasteiger partial charge is 0.237 e. The molecule has 0 saturated carbocycles. The predicted molar refractivity (Wildman–Crippen MR) is 79.8 cm³/mol. The lowest BCUT2D eigenvalue weighted by molar-refractivity contribution is 0.453. The Morgan fingerprint density at radius 3 is 2.67 bits per heavy atom. The van der Waals surface area contributed by atoms with Gasteiger partial charge in [0.15, 0.2) is 0 Å². The van der Waals surface area contributed by atoms with Gasteiger partial charge in [-0.25, -0.2) is 9.37 Å². The summed E-state index contributed by atoms with van der Waals surface area (Å²) in [5.74, 6) is 1.07. The van der Waals surface area contributed by atoms with Gasteiger partial charge in [-0.15, -0.1) is 0 Å². The molecular formula is C16H20FN3O. The zero-order valence-corrected chi connectivity index (χ0v) is 12.6. The van der Waals surface area contributed by atoms with E-state index in [-0.39, 0.29) is 5.82 Å². The van der Waals surface area contributed by atoms with E-state index in [4.69, 9.17) is 4.74 Å². The second-order valence-corrected chi connectivity index (χ2v) is 5.38. The summed E-state index contributed by atoms with van der Waals surface area (Å²) in [6, 6.07) is 4.72. The molecule has 0 fully saturated rings. The number of rotatable bonds is 6. The number of ether oxygens (including phenoxy) is 1. The molecule has 2 aromatic rings. The maximum atomic E-state index is 13.4. The molecular weight excluding hydrogens is 269 g/mol. The highest BCUT2D eigenvalue weighted by molar-refractivity contribution is 5.30. The maximum Gasteiger partial charge on any atom is 0.237 e. The zero-order valence-electron chi connectivity index (χ0n) is 12.6. The maximum absolute atomic E-state index is 13.4. The first-order valence-corrected chi connectivity index (χ1v) is 7.00. The fraction of sp³-hybridized carbons (Fsp3) is 0.375. The van der Waals surface area contributed by atoms with Crippen LogP contribution in [0.15, 0.2) is 30.6 Å². The van der Waals surface area contributed by atoms with Crippen LogP contribution in [-0.2, 0) is 6.54 Å².